The molecule has 8 heteroatoms. The molecular weight excluding hydrogens is 427 g/mol. The van der Waals surface area contributed by atoms with Gasteiger partial charge in [0.05, 0.1) is 5.92 Å². The molecule has 0 saturated carbocycles. The minimum Gasteiger partial charge on any atom is -0.300 e. The van der Waals surface area contributed by atoms with Crippen molar-refractivity contribution in [3.63, 3.8) is 0 Å². The van der Waals surface area contributed by atoms with Crippen LogP contribution >= 0.6 is 34.5 Å². The monoisotopic (exact) mass is 446 g/mol. The first-order valence-corrected chi connectivity index (χ1v) is 11.0. The van der Waals surface area contributed by atoms with Crippen LogP contribution in [0.1, 0.15) is 18.4 Å². The van der Waals surface area contributed by atoms with E-state index in [-0.39, 0.29) is 11.8 Å². The SMILES string of the molecule is O=C(Nc1nnc(-c2ccc(Cl)cc2)s1)[C@H]1CCCN(Cc2ccccc2Cl)C1. The number of rotatable bonds is 5. The van der Waals surface area contributed by atoms with E-state index >= 15 is 0 Å². The number of carbonyl (C=O) groups excluding carboxylic acids is 1. The third-order valence-electron chi connectivity index (χ3n) is 4.97. The second kappa shape index (κ2) is 9.22. The standard InChI is InChI=1S/C21H20Cl2N4OS/c22-17-9-7-14(8-10-17)20-25-26-21(29-20)24-19(28)16-5-3-11-27(13-16)12-15-4-1-2-6-18(15)23/h1-2,4,6-10,16H,3,5,11-13H2,(H,24,26,28)/t16-/m0/s1. The van der Waals surface area contributed by atoms with Crippen molar-refractivity contribution in [3.05, 3.63) is 64.1 Å². The molecule has 1 amide bonds. The summed E-state index contributed by atoms with van der Waals surface area (Å²) in [5.41, 5.74) is 2.02. The van der Waals surface area contributed by atoms with Crippen LogP contribution in [-0.2, 0) is 11.3 Å². The third-order valence-corrected chi connectivity index (χ3v) is 6.48. The van der Waals surface area contributed by atoms with Gasteiger partial charge in [-0.05, 0) is 43.1 Å². The van der Waals surface area contributed by atoms with E-state index < -0.39 is 0 Å². The first-order chi connectivity index (χ1) is 14.1. The molecule has 1 aliphatic rings. The number of nitrogens with zero attached hydrogens (tertiary/aromatic N) is 3. The minimum atomic E-state index is -0.0749. The maximum Gasteiger partial charge on any atom is 0.230 e. The van der Waals surface area contributed by atoms with Gasteiger partial charge in [-0.2, -0.15) is 0 Å². The smallest absolute Gasteiger partial charge is 0.230 e. The molecule has 1 saturated heterocycles. The van der Waals surface area contributed by atoms with Crippen molar-refractivity contribution >= 4 is 45.6 Å². The van der Waals surface area contributed by atoms with Crippen molar-refractivity contribution in [3.8, 4) is 10.6 Å². The predicted molar refractivity (Wildman–Crippen MR) is 118 cm³/mol. The molecule has 0 radical (unpaired) electrons. The number of piperidine rings is 1. The fraction of sp³-hybridized carbons (Fsp3) is 0.286. The highest BCUT2D eigenvalue weighted by atomic mass is 35.5. The van der Waals surface area contributed by atoms with Crippen LogP contribution in [0.25, 0.3) is 10.6 Å². The Balaban J connectivity index is 1.37. The minimum absolute atomic E-state index is 0.00679. The number of hydrogen-bond donors (Lipinski definition) is 1. The first-order valence-electron chi connectivity index (χ1n) is 9.44. The van der Waals surface area contributed by atoms with Crippen LogP contribution in [0.5, 0.6) is 0 Å². The van der Waals surface area contributed by atoms with E-state index in [1.807, 2.05) is 48.5 Å². The number of halogens is 2. The van der Waals surface area contributed by atoms with Crippen molar-refractivity contribution in [1.29, 1.82) is 0 Å². The lowest BCUT2D eigenvalue weighted by Gasteiger charge is -2.32. The molecule has 0 unspecified atom stereocenters. The summed E-state index contributed by atoms with van der Waals surface area (Å²) in [6.45, 7) is 2.43. The summed E-state index contributed by atoms with van der Waals surface area (Å²) >= 11 is 13.6. The van der Waals surface area contributed by atoms with Gasteiger partial charge in [-0.25, -0.2) is 0 Å². The second-order valence-corrected chi connectivity index (χ2v) is 8.90. The first kappa shape index (κ1) is 20.3. The normalized spacial score (nSPS) is 17.2. The Morgan fingerprint density at radius 2 is 1.93 bits per heavy atom. The topological polar surface area (TPSA) is 58.1 Å². The van der Waals surface area contributed by atoms with E-state index in [4.69, 9.17) is 23.2 Å². The summed E-state index contributed by atoms with van der Waals surface area (Å²) in [5, 5.41) is 13.9. The van der Waals surface area contributed by atoms with Gasteiger partial charge < -0.3 is 5.32 Å². The molecule has 2 heterocycles. The van der Waals surface area contributed by atoms with Crippen molar-refractivity contribution in [2.24, 2.45) is 5.92 Å². The average Bonchev–Trinajstić information content (AvgIpc) is 3.19. The number of hydrogen-bond acceptors (Lipinski definition) is 5. The van der Waals surface area contributed by atoms with Crippen LogP contribution in [0.15, 0.2) is 48.5 Å². The summed E-state index contributed by atoms with van der Waals surface area (Å²) in [7, 11) is 0. The Bertz CT molecular complexity index is 992. The number of carbonyl (C=O) groups is 1. The molecule has 0 bridgehead atoms. The molecule has 0 aliphatic carbocycles. The van der Waals surface area contributed by atoms with Gasteiger partial charge in [0.2, 0.25) is 11.0 Å². The molecule has 0 spiro atoms. The zero-order chi connectivity index (χ0) is 20.2. The van der Waals surface area contributed by atoms with Crippen molar-refractivity contribution in [2.45, 2.75) is 19.4 Å². The molecular formula is C21H20Cl2N4OS. The van der Waals surface area contributed by atoms with Gasteiger partial charge in [0.25, 0.3) is 0 Å². The molecule has 1 aromatic heterocycles. The molecule has 29 heavy (non-hydrogen) atoms. The zero-order valence-electron chi connectivity index (χ0n) is 15.6. The molecule has 1 fully saturated rings. The summed E-state index contributed by atoms with van der Waals surface area (Å²) in [5.74, 6) is -0.0817. The van der Waals surface area contributed by atoms with Gasteiger partial charge in [0, 0.05) is 28.7 Å². The second-order valence-electron chi connectivity index (χ2n) is 7.07. The van der Waals surface area contributed by atoms with Gasteiger partial charge in [0.1, 0.15) is 5.01 Å². The highest BCUT2D eigenvalue weighted by Crippen LogP contribution is 2.28. The third kappa shape index (κ3) is 5.14. The highest BCUT2D eigenvalue weighted by Gasteiger charge is 2.27. The van der Waals surface area contributed by atoms with Crippen molar-refractivity contribution in [2.75, 3.05) is 18.4 Å². The van der Waals surface area contributed by atoms with Gasteiger partial charge >= 0.3 is 0 Å². The number of nitrogens with one attached hydrogen (secondary N) is 1. The Morgan fingerprint density at radius 3 is 2.72 bits per heavy atom. The van der Waals surface area contributed by atoms with Crippen LogP contribution in [0, 0.1) is 5.92 Å². The number of likely N-dealkylation sites (tertiary alicyclic amines) is 1. The maximum atomic E-state index is 12.8. The van der Waals surface area contributed by atoms with Crippen molar-refractivity contribution < 1.29 is 4.79 Å². The average molecular weight is 447 g/mol. The van der Waals surface area contributed by atoms with E-state index in [0.29, 0.717) is 16.7 Å². The lowest BCUT2D eigenvalue weighted by molar-refractivity contribution is -0.121. The van der Waals surface area contributed by atoms with E-state index in [1.54, 1.807) is 0 Å². The van der Waals surface area contributed by atoms with Crippen LogP contribution in [0.4, 0.5) is 5.13 Å². The summed E-state index contributed by atoms with van der Waals surface area (Å²) in [6, 6.07) is 15.3. The van der Waals surface area contributed by atoms with Crippen LogP contribution in [0.2, 0.25) is 10.0 Å². The predicted octanol–water partition coefficient (Wildman–Crippen LogP) is 5.36. The van der Waals surface area contributed by atoms with E-state index in [9.17, 15) is 4.79 Å². The Labute approximate surface area is 183 Å². The van der Waals surface area contributed by atoms with Crippen LogP contribution in [-0.4, -0.2) is 34.1 Å². The molecule has 150 valence electrons. The Morgan fingerprint density at radius 1 is 1.14 bits per heavy atom. The zero-order valence-corrected chi connectivity index (χ0v) is 18.0. The lowest BCUT2D eigenvalue weighted by Crippen LogP contribution is -2.40. The van der Waals surface area contributed by atoms with Crippen molar-refractivity contribution in [1.82, 2.24) is 15.1 Å². The molecule has 5 nitrogen and oxygen atoms in total. The Kier molecular flexibility index (Phi) is 6.45. The van der Waals surface area contributed by atoms with E-state index in [1.165, 1.54) is 11.3 Å². The van der Waals surface area contributed by atoms with Gasteiger partial charge in [-0.15, -0.1) is 10.2 Å². The number of anilines is 1. The number of benzene rings is 2. The molecule has 1 N–H and O–H groups in total. The number of amides is 1. The van der Waals surface area contributed by atoms with E-state index in [0.717, 1.165) is 47.1 Å². The summed E-state index contributed by atoms with van der Waals surface area (Å²) in [4.78, 5) is 15.1. The molecule has 1 aliphatic heterocycles. The summed E-state index contributed by atoms with van der Waals surface area (Å²) in [6.07, 6.45) is 1.85. The largest absolute Gasteiger partial charge is 0.300 e. The summed E-state index contributed by atoms with van der Waals surface area (Å²) < 4.78 is 0. The molecule has 3 aromatic rings. The van der Waals surface area contributed by atoms with E-state index in [2.05, 4.69) is 20.4 Å². The van der Waals surface area contributed by atoms with Gasteiger partial charge in [0.15, 0.2) is 0 Å². The fourth-order valence-corrected chi connectivity index (χ4v) is 4.54. The maximum absolute atomic E-state index is 12.8. The quantitative estimate of drug-likeness (QED) is 0.572. The van der Waals surface area contributed by atoms with Gasteiger partial charge in [-0.3, -0.25) is 9.69 Å². The fourth-order valence-electron chi connectivity index (χ4n) is 3.47. The van der Waals surface area contributed by atoms with Gasteiger partial charge in [-0.1, -0.05) is 64.9 Å². The number of aromatic nitrogens is 2. The molecule has 1 atom stereocenters. The van der Waals surface area contributed by atoms with Crippen LogP contribution < -0.4 is 5.32 Å². The Hall–Kier alpha value is -1.99. The van der Waals surface area contributed by atoms with Crippen LogP contribution in [0.3, 0.4) is 0 Å². The lowest BCUT2D eigenvalue weighted by atomic mass is 9.97. The molecule has 4 rings (SSSR count). The highest BCUT2D eigenvalue weighted by molar-refractivity contribution is 7.18. The molecule has 2 aromatic carbocycles.